The lowest BCUT2D eigenvalue weighted by molar-refractivity contribution is 0.0946. The Bertz CT molecular complexity index is 414. The van der Waals surface area contributed by atoms with Crippen molar-refractivity contribution in [3.05, 3.63) is 29.8 Å². The molecule has 0 amide bonds. The highest BCUT2D eigenvalue weighted by atomic mass is 16.5. The summed E-state index contributed by atoms with van der Waals surface area (Å²) in [5.74, 6) is 0.934. The predicted octanol–water partition coefficient (Wildman–Crippen LogP) is 3.35. The van der Waals surface area contributed by atoms with Gasteiger partial charge >= 0.3 is 0 Å². The lowest BCUT2D eigenvalue weighted by atomic mass is 9.90. The molecule has 20 heavy (non-hydrogen) atoms. The van der Waals surface area contributed by atoms with Crippen molar-refractivity contribution < 1.29 is 4.74 Å². The second kappa shape index (κ2) is 6.59. The maximum absolute atomic E-state index is 6.39. The van der Waals surface area contributed by atoms with Crippen LogP contribution in [0.25, 0.3) is 0 Å². The van der Waals surface area contributed by atoms with Crippen molar-refractivity contribution in [2.45, 2.75) is 64.8 Å². The largest absolute Gasteiger partial charge is 0.491 e. The third-order valence-electron chi connectivity index (χ3n) is 3.97. The minimum Gasteiger partial charge on any atom is -0.491 e. The number of nitrogens with zero attached hydrogens (tertiary/aromatic N) is 1. The zero-order valence-electron chi connectivity index (χ0n) is 13.2. The highest BCUT2D eigenvalue weighted by Crippen LogP contribution is 2.32. The molecule has 1 aliphatic heterocycles. The number of hydrogen-bond donors (Lipinski definition) is 1. The Balaban J connectivity index is 2.18. The predicted molar refractivity (Wildman–Crippen MR) is 84.0 cm³/mol. The molecule has 2 N–H and O–H groups in total. The van der Waals surface area contributed by atoms with Crippen LogP contribution < -0.4 is 10.5 Å². The van der Waals surface area contributed by atoms with Gasteiger partial charge < -0.3 is 10.5 Å². The van der Waals surface area contributed by atoms with E-state index in [0.717, 1.165) is 18.7 Å². The van der Waals surface area contributed by atoms with E-state index in [-0.39, 0.29) is 12.1 Å². The monoisotopic (exact) mass is 276 g/mol. The van der Waals surface area contributed by atoms with E-state index in [1.54, 1.807) is 0 Å². The van der Waals surface area contributed by atoms with E-state index in [1.807, 2.05) is 13.8 Å². The van der Waals surface area contributed by atoms with Crippen LogP contribution in [0.1, 0.15) is 52.1 Å². The number of hydrogen-bond acceptors (Lipinski definition) is 3. The number of piperidine rings is 1. The first kappa shape index (κ1) is 15.3. The molecular weight excluding hydrogens is 248 g/mol. The van der Waals surface area contributed by atoms with Gasteiger partial charge in [-0.1, -0.05) is 12.1 Å². The Hall–Kier alpha value is -1.06. The second-order valence-electron chi connectivity index (χ2n) is 6.32. The fourth-order valence-corrected chi connectivity index (χ4v) is 3.09. The first-order valence-electron chi connectivity index (χ1n) is 7.77. The number of nitrogens with two attached hydrogens (primary N) is 1. The number of ether oxygens (including phenoxy) is 1. The molecule has 2 atom stereocenters. The van der Waals surface area contributed by atoms with Gasteiger partial charge in [0.05, 0.1) is 12.1 Å². The van der Waals surface area contributed by atoms with E-state index >= 15 is 0 Å². The molecule has 0 bridgehead atoms. The summed E-state index contributed by atoms with van der Waals surface area (Å²) < 4.78 is 5.71. The van der Waals surface area contributed by atoms with Gasteiger partial charge in [0.15, 0.2) is 0 Å². The molecular formula is C17H28N2O. The van der Waals surface area contributed by atoms with E-state index in [0.29, 0.717) is 12.1 Å². The van der Waals surface area contributed by atoms with Gasteiger partial charge in [0, 0.05) is 12.1 Å². The van der Waals surface area contributed by atoms with Crippen LogP contribution in [0.2, 0.25) is 0 Å². The van der Waals surface area contributed by atoms with Crippen LogP contribution in [0.15, 0.2) is 24.3 Å². The van der Waals surface area contributed by atoms with Gasteiger partial charge in [0.25, 0.3) is 0 Å². The summed E-state index contributed by atoms with van der Waals surface area (Å²) in [7, 11) is 0. The van der Waals surface area contributed by atoms with Crippen molar-refractivity contribution >= 4 is 0 Å². The smallest absolute Gasteiger partial charge is 0.119 e. The molecule has 3 nitrogen and oxygen atoms in total. The van der Waals surface area contributed by atoms with Crippen LogP contribution >= 0.6 is 0 Å². The van der Waals surface area contributed by atoms with E-state index in [2.05, 4.69) is 43.0 Å². The third kappa shape index (κ3) is 3.53. The molecule has 0 aliphatic carbocycles. The van der Waals surface area contributed by atoms with Gasteiger partial charge in [0.2, 0.25) is 0 Å². The molecule has 0 radical (unpaired) electrons. The van der Waals surface area contributed by atoms with Gasteiger partial charge in [-0.3, -0.25) is 4.90 Å². The van der Waals surface area contributed by atoms with Crippen LogP contribution in [0.5, 0.6) is 5.75 Å². The first-order valence-corrected chi connectivity index (χ1v) is 7.77. The van der Waals surface area contributed by atoms with Gasteiger partial charge in [0.1, 0.15) is 5.75 Å². The Morgan fingerprint density at radius 1 is 1.15 bits per heavy atom. The molecule has 1 saturated heterocycles. The number of benzene rings is 1. The highest BCUT2D eigenvalue weighted by molar-refractivity contribution is 5.30. The Labute approximate surface area is 123 Å². The minimum absolute atomic E-state index is 0.213. The summed E-state index contributed by atoms with van der Waals surface area (Å²) in [5, 5.41) is 0. The summed E-state index contributed by atoms with van der Waals surface area (Å²) >= 11 is 0. The van der Waals surface area contributed by atoms with Crippen molar-refractivity contribution in [2.75, 3.05) is 6.54 Å². The maximum atomic E-state index is 6.39. The molecule has 3 heteroatoms. The molecule has 1 aliphatic rings. The standard InChI is InChI=1S/C17H28N2O/c1-12(2)19-11-5-6-16(18)17(19)14-7-9-15(10-8-14)20-13(3)4/h7-10,12-13,16-17H,5-6,11,18H2,1-4H3. The average Bonchev–Trinajstić information content (AvgIpc) is 2.39. The summed E-state index contributed by atoms with van der Waals surface area (Å²) in [4.78, 5) is 2.52. The average molecular weight is 276 g/mol. The topological polar surface area (TPSA) is 38.5 Å². The van der Waals surface area contributed by atoms with Crippen LogP contribution in [0.3, 0.4) is 0 Å². The molecule has 1 aromatic rings. The molecule has 1 fully saturated rings. The second-order valence-corrected chi connectivity index (χ2v) is 6.32. The molecule has 1 heterocycles. The zero-order chi connectivity index (χ0) is 14.7. The first-order chi connectivity index (χ1) is 9.49. The lowest BCUT2D eigenvalue weighted by Gasteiger charge is -2.42. The van der Waals surface area contributed by atoms with Crippen LogP contribution in [0.4, 0.5) is 0 Å². The molecule has 1 aromatic carbocycles. The summed E-state index contributed by atoms with van der Waals surface area (Å²) in [6.07, 6.45) is 2.52. The fourth-order valence-electron chi connectivity index (χ4n) is 3.09. The van der Waals surface area contributed by atoms with Crippen molar-refractivity contribution in [2.24, 2.45) is 5.73 Å². The van der Waals surface area contributed by atoms with Gasteiger partial charge in [-0.05, 0) is 64.8 Å². The fraction of sp³-hybridized carbons (Fsp3) is 0.647. The quantitative estimate of drug-likeness (QED) is 0.916. The molecule has 112 valence electrons. The van der Waals surface area contributed by atoms with Crippen LogP contribution in [-0.4, -0.2) is 29.6 Å². The van der Waals surface area contributed by atoms with Crippen LogP contribution in [0, 0.1) is 0 Å². The SMILES string of the molecule is CC(C)Oc1ccc(C2C(N)CCCN2C(C)C)cc1. The highest BCUT2D eigenvalue weighted by Gasteiger charge is 2.31. The van der Waals surface area contributed by atoms with Crippen molar-refractivity contribution in [1.82, 2.24) is 4.90 Å². The molecule has 0 saturated carbocycles. The normalized spacial score (nSPS) is 24.4. The molecule has 0 spiro atoms. The van der Waals surface area contributed by atoms with Gasteiger partial charge in [-0.2, -0.15) is 0 Å². The van der Waals surface area contributed by atoms with Crippen molar-refractivity contribution in [3.8, 4) is 5.75 Å². The Morgan fingerprint density at radius 3 is 2.35 bits per heavy atom. The van der Waals surface area contributed by atoms with Gasteiger partial charge in [-0.25, -0.2) is 0 Å². The number of likely N-dealkylation sites (tertiary alicyclic amines) is 1. The van der Waals surface area contributed by atoms with E-state index < -0.39 is 0 Å². The molecule has 0 aromatic heterocycles. The minimum atomic E-state index is 0.213. The van der Waals surface area contributed by atoms with Crippen molar-refractivity contribution in [3.63, 3.8) is 0 Å². The van der Waals surface area contributed by atoms with Crippen molar-refractivity contribution in [1.29, 1.82) is 0 Å². The van der Waals surface area contributed by atoms with E-state index in [9.17, 15) is 0 Å². The Morgan fingerprint density at radius 2 is 1.80 bits per heavy atom. The molecule has 2 rings (SSSR count). The lowest BCUT2D eigenvalue weighted by Crippen LogP contribution is -2.48. The van der Waals surface area contributed by atoms with E-state index in [1.165, 1.54) is 12.0 Å². The van der Waals surface area contributed by atoms with E-state index in [4.69, 9.17) is 10.5 Å². The number of rotatable bonds is 4. The van der Waals surface area contributed by atoms with Gasteiger partial charge in [-0.15, -0.1) is 0 Å². The zero-order valence-corrected chi connectivity index (χ0v) is 13.2. The summed E-state index contributed by atoms with van der Waals surface area (Å²) in [6, 6.07) is 9.55. The third-order valence-corrected chi connectivity index (χ3v) is 3.97. The molecule has 2 unspecified atom stereocenters. The van der Waals surface area contributed by atoms with Crippen LogP contribution in [-0.2, 0) is 0 Å². The summed E-state index contributed by atoms with van der Waals surface area (Å²) in [5.41, 5.74) is 7.69. The summed E-state index contributed by atoms with van der Waals surface area (Å²) in [6.45, 7) is 9.74. The Kier molecular flexibility index (Phi) is 5.06. The maximum Gasteiger partial charge on any atom is 0.119 e.